The Bertz CT molecular complexity index is 831. The van der Waals surface area contributed by atoms with Crippen molar-refractivity contribution in [2.24, 2.45) is 0 Å². The highest BCUT2D eigenvalue weighted by Gasteiger charge is 2.34. The normalized spacial score (nSPS) is 18.6. The fourth-order valence-corrected chi connectivity index (χ4v) is 3.30. The minimum absolute atomic E-state index is 0.0103. The number of hydrogen-bond donors (Lipinski definition) is 1. The first-order chi connectivity index (χ1) is 12.3. The number of anilines is 1. The monoisotopic (exact) mass is 336 g/mol. The van der Waals surface area contributed by atoms with Crippen LogP contribution in [0.4, 0.5) is 5.69 Å². The molecule has 2 heterocycles. The second-order valence-electron chi connectivity index (χ2n) is 6.13. The molecule has 2 aliphatic rings. The van der Waals surface area contributed by atoms with Crippen LogP contribution in [0.1, 0.15) is 15.9 Å². The average molecular weight is 336 g/mol. The topological polar surface area (TPSA) is 50.8 Å². The molecule has 4 rings (SSSR count). The van der Waals surface area contributed by atoms with Gasteiger partial charge in [0.15, 0.2) is 0 Å². The van der Waals surface area contributed by atoms with E-state index < -0.39 is 0 Å². The highest BCUT2D eigenvalue weighted by atomic mass is 16.5. The molecule has 5 nitrogen and oxygen atoms in total. The van der Waals surface area contributed by atoms with Gasteiger partial charge in [0.25, 0.3) is 5.91 Å². The van der Waals surface area contributed by atoms with Crippen molar-refractivity contribution in [1.82, 2.24) is 4.90 Å². The maximum absolute atomic E-state index is 13.0. The summed E-state index contributed by atoms with van der Waals surface area (Å²) >= 11 is 0. The second-order valence-corrected chi connectivity index (χ2v) is 6.13. The molecule has 0 bridgehead atoms. The van der Waals surface area contributed by atoms with E-state index in [0.29, 0.717) is 25.3 Å². The lowest BCUT2D eigenvalue weighted by molar-refractivity contribution is 0.0634. The molecule has 2 aromatic rings. The van der Waals surface area contributed by atoms with Crippen molar-refractivity contribution in [2.45, 2.75) is 6.17 Å². The van der Waals surface area contributed by atoms with Crippen LogP contribution in [0.15, 0.2) is 54.1 Å². The number of hydrogen-bond acceptors (Lipinski definition) is 4. The van der Waals surface area contributed by atoms with Gasteiger partial charge in [0.2, 0.25) is 0 Å². The van der Waals surface area contributed by atoms with Crippen molar-refractivity contribution in [3.63, 3.8) is 0 Å². The Morgan fingerprint density at radius 1 is 1.20 bits per heavy atom. The van der Waals surface area contributed by atoms with Gasteiger partial charge in [0.05, 0.1) is 12.2 Å². The highest BCUT2D eigenvalue weighted by Crippen LogP contribution is 2.32. The number of nitrogens with one attached hydrogen (secondary N) is 1. The van der Waals surface area contributed by atoms with Gasteiger partial charge in [-0.05, 0) is 24.3 Å². The smallest absolute Gasteiger partial charge is 0.257 e. The van der Waals surface area contributed by atoms with Crippen molar-refractivity contribution in [3.8, 4) is 5.75 Å². The summed E-state index contributed by atoms with van der Waals surface area (Å²) in [4.78, 5) is 14.8. The molecule has 0 radical (unpaired) electrons. The summed E-state index contributed by atoms with van der Waals surface area (Å²) in [5, 5.41) is 3.49. The Morgan fingerprint density at radius 3 is 2.88 bits per heavy atom. The molecule has 0 saturated heterocycles. The van der Waals surface area contributed by atoms with Crippen molar-refractivity contribution in [2.75, 3.05) is 32.2 Å². The van der Waals surface area contributed by atoms with Crippen LogP contribution in [0.25, 0.3) is 6.08 Å². The number of ether oxygens (including phenoxy) is 2. The minimum atomic E-state index is -0.245. The molecular formula is C20H20N2O3. The molecule has 0 spiro atoms. The number of carbonyl (C=O) groups excluding carboxylic acids is 1. The van der Waals surface area contributed by atoms with Crippen LogP contribution >= 0.6 is 0 Å². The quantitative estimate of drug-likeness (QED) is 0.932. The van der Waals surface area contributed by atoms with Gasteiger partial charge >= 0.3 is 0 Å². The number of carbonyl (C=O) groups is 1. The van der Waals surface area contributed by atoms with E-state index in [0.717, 1.165) is 22.6 Å². The predicted molar refractivity (Wildman–Crippen MR) is 96.7 cm³/mol. The Morgan fingerprint density at radius 2 is 2.00 bits per heavy atom. The van der Waals surface area contributed by atoms with Gasteiger partial charge in [0, 0.05) is 30.5 Å². The summed E-state index contributed by atoms with van der Waals surface area (Å²) in [6.45, 7) is 1.45. The largest absolute Gasteiger partial charge is 0.488 e. The Labute approximate surface area is 146 Å². The zero-order valence-corrected chi connectivity index (χ0v) is 14.1. The van der Waals surface area contributed by atoms with Gasteiger partial charge in [-0.25, -0.2) is 0 Å². The molecule has 0 fully saturated rings. The Kier molecular flexibility index (Phi) is 4.15. The van der Waals surface area contributed by atoms with Crippen LogP contribution in [0.3, 0.4) is 0 Å². The van der Waals surface area contributed by atoms with Crippen LogP contribution in [0.5, 0.6) is 5.75 Å². The number of benzene rings is 2. The third-order valence-corrected chi connectivity index (χ3v) is 4.56. The maximum Gasteiger partial charge on any atom is 0.257 e. The van der Waals surface area contributed by atoms with Gasteiger partial charge in [-0.3, -0.25) is 4.79 Å². The zero-order valence-electron chi connectivity index (χ0n) is 14.1. The predicted octanol–water partition coefficient (Wildman–Crippen LogP) is 3.00. The van der Waals surface area contributed by atoms with E-state index >= 15 is 0 Å². The van der Waals surface area contributed by atoms with E-state index in [2.05, 4.69) is 11.4 Å². The summed E-state index contributed by atoms with van der Waals surface area (Å²) in [6, 6.07) is 15.5. The molecule has 5 heteroatoms. The summed E-state index contributed by atoms with van der Waals surface area (Å²) in [5.74, 6) is 0.883. The van der Waals surface area contributed by atoms with Crippen LogP contribution in [-0.2, 0) is 4.74 Å². The molecule has 0 saturated carbocycles. The van der Waals surface area contributed by atoms with E-state index in [1.54, 1.807) is 7.11 Å². The van der Waals surface area contributed by atoms with E-state index in [4.69, 9.17) is 9.47 Å². The third-order valence-electron chi connectivity index (χ3n) is 4.56. The van der Waals surface area contributed by atoms with Gasteiger partial charge in [-0.15, -0.1) is 0 Å². The van der Waals surface area contributed by atoms with E-state index in [1.165, 1.54) is 0 Å². The lowest BCUT2D eigenvalue weighted by atomic mass is 10.0. The number of amides is 1. The SMILES string of the molecule is COCCN1C(=O)c2ccccc2NC1C1=Cc2ccccc2OC1. The first kappa shape index (κ1) is 15.7. The molecular weight excluding hydrogens is 316 g/mol. The number of methoxy groups -OCH3 is 1. The summed E-state index contributed by atoms with van der Waals surface area (Å²) in [7, 11) is 1.64. The van der Waals surface area contributed by atoms with Crippen molar-refractivity contribution in [1.29, 1.82) is 0 Å². The molecule has 0 aromatic heterocycles. The summed E-state index contributed by atoms with van der Waals surface area (Å²) < 4.78 is 11.1. The molecule has 2 aromatic carbocycles. The highest BCUT2D eigenvalue weighted by molar-refractivity contribution is 6.02. The van der Waals surface area contributed by atoms with E-state index in [9.17, 15) is 4.79 Å². The summed E-state index contributed by atoms with van der Waals surface area (Å²) in [6.07, 6.45) is 1.86. The molecule has 1 atom stereocenters. The Balaban J connectivity index is 1.72. The molecule has 128 valence electrons. The van der Waals surface area contributed by atoms with Gasteiger partial charge in [-0.1, -0.05) is 30.3 Å². The standard InChI is InChI=1S/C20H20N2O3/c1-24-11-10-22-19(21-17-8-4-3-7-16(17)20(22)23)15-12-14-6-2-5-9-18(14)25-13-15/h2-9,12,19,21H,10-11,13H2,1H3. The first-order valence-electron chi connectivity index (χ1n) is 8.35. The van der Waals surface area contributed by atoms with Gasteiger partial charge in [0.1, 0.15) is 18.5 Å². The lowest BCUT2D eigenvalue weighted by Gasteiger charge is -2.39. The van der Waals surface area contributed by atoms with Crippen LogP contribution in [0, 0.1) is 0 Å². The number of para-hydroxylation sites is 2. The minimum Gasteiger partial charge on any atom is -0.488 e. The summed E-state index contributed by atoms with van der Waals surface area (Å²) in [5.41, 5.74) is 3.60. The lowest BCUT2D eigenvalue weighted by Crippen LogP contribution is -2.51. The molecule has 0 aliphatic carbocycles. The fourth-order valence-electron chi connectivity index (χ4n) is 3.30. The third kappa shape index (κ3) is 2.87. The van der Waals surface area contributed by atoms with Crippen molar-refractivity contribution < 1.29 is 14.3 Å². The Hall–Kier alpha value is -2.79. The van der Waals surface area contributed by atoms with E-state index in [1.807, 2.05) is 53.4 Å². The van der Waals surface area contributed by atoms with E-state index in [-0.39, 0.29) is 12.1 Å². The first-order valence-corrected chi connectivity index (χ1v) is 8.35. The number of fused-ring (bicyclic) bond motifs is 2. The zero-order chi connectivity index (χ0) is 17.2. The molecule has 1 amide bonds. The second kappa shape index (κ2) is 6.61. The molecule has 25 heavy (non-hydrogen) atoms. The van der Waals surface area contributed by atoms with Crippen molar-refractivity contribution in [3.05, 3.63) is 65.2 Å². The van der Waals surface area contributed by atoms with Gasteiger partial charge < -0.3 is 19.7 Å². The molecule has 1 N–H and O–H groups in total. The number of nitrogens with zero attached hydrogens (tertiary/aromatic N) is 1. The van der Waals surface area contributed by atoms with Crippen LogP contribution in [0.2, 0.25) is 0 Å². The van der Waals surface area contributed by atoms with Crippen LogP contribution < -0.4 is 10.1 Å². The molecule has 1 unspecified atom stereocenters. The average Bonchev–Trinajstić information content (AvgIpc) is 2.67. The van der Waals surface area contributed by atoms with Crippen LogP contribution in [-0.4, -0.2) is 43.8 Å². The maximum atomic E-state index is 13.0. The molecule has 2 aliphatic heterocycles. The van der Waals surface area contributed by atoms with Crippen molar-refractivity contribution >= 4 is 17.7 Å². The number of rotatable bonds is 4. The fraction of sp³-hybridized carbons (Fsp3) is 0.250. The van der Waals surface area contributed by atoms with Gasteiger partial charge in [-0.2, -0.15) is 0 Å².